The molecule has 1 amide bonds. The maximum absolute atomic E-state index is 13.6. The van der Waals surface area contributed by atoms with Gasteiger partial charge in [0.25, 0.3) is 5.56 Å². The Balaban J connectivity index is 1.63. The lowest BCUT2D eigenvalue weighted by Gasteiger charge is -2.14. The van der Waals surface area contributed by atoms with Gasteiger partial charge in [0.15, 0.2) is 0 Å². The third kappa shape index (κ3) is 4.31. The topological polar surface area (TPSA) is 73.1 Å². The first-order valence-corrected chi connectivity index (χ1v) is 12.6. The summed E-state index contributed by atoms with van der Waals surface area (Å²) in [5.74, 6) is -0.375. The number of anilines is 1. The Bertz CT molecular complexity index is 1540. The number of amides is 1. The molecule has 2 heterocycles. The molecule has 6 nitrogen and oxygen atoms in total. The summed E-state index contributed by atoms with van der Waals surface area (Å²) in [5, 5.41) is 4.31. The van der Waals surface area contributed by atoms with E-state index in [-0.39, 0.29) is 24.6 Å². The van der Waals surface area contributed by atoms with Gasteiger partial charge in [-0.15, -0.1) is 11.3 Å². The molecule has 1 aliphatic rings. The number of hydrogen-bond donors (Lipinski definition) is 1. The van der Waals surface area contributed by atoms with Crippen LogP contribution in [0.25, 0.3) is 10.2 Å². The zero-order chi connectivity index (χ0) is 23.8. The molecule has 0 bridgehead atoms. The average molecular weight is 514 g/mol. The van der Waals surface area contributed by atoms with Crippen LogP contribution in [0.1, 0.15) is 28.8 Å². The highest BCUT2D eigenvalue weighted by molar-refractivity contribution is 7.18. The molecule has 0 radical (unpaired) electrons. The molecule has 0 saturated carbocycles. The minimum atomic E-state index is -0.530. The van der Waals surface area contributed by atoms with E-state index < -0.39 is 5.69 Å². The molecule has 2 aromatic carbocycles. The zero-order valence-electron chi connectivity index (χ0n) is 18.1. The molecule has 34 heavy (non-hydrogen) atoms. The van der Waals surface area contributed by atoms with Gasteiger partial charge in [-0.25, -0.2) is 4.79 Å². The Kier molecular flexibility index (Phi) is 6.34. The second kappa shape index (κ2) is 9.41. The number of nitrogens with zero attached hydrogens (tertiary/aromatic N) is 2. The lowest BCUT2D eigenvalue weighted by molar-refractivity contribution is -0.116. The van der Waals surface area contributed by atoms with E-state index >= 15 is 0 Å². The van der Waals surface area contributed by atoms with Crippen molar-refractivity contribution >= 4 is 56.3 Å². The number of hydrogen-bond acceptors (Lipinski definition) is 4. The van der Waals surface area contributed by atoms with Crippen molar-refractivity contribution in [1.29, 1.82) is 0 Å². The standard InChI is InChI=1S/C25H21Cl2N3O3S/c26-16-7-5-8-17(12-16)28-21(31)14-30-24-22(18-9-2-4-11-20(18)34-24)23(32)29(25(30)33)13-15-6-1-3-10-19(15)27/h1,3,5-8,10,12H,2,4,9,11,13-14H2,(H,28,31). The van der Waals surface area contributed by atoms with E-state index in [1.54, 1.807) is 42.5 Å². The Morgan fingerprint density at radius 1 is 1.00 bits per heavy atom. The molecule has 9 heteroatoms. The van der Waals surface area contributed by atoms with Gasteiger partial charge in [-0.3, -0.25) is 18.7 Å². The summed E-state index contributed by atoms with van der Waals surface area (Å²) in [6.07, 6.45) is 3.72. The smallest absolute Gasteiger partial charge is 0.324 e. The first-order chi connectivity index (χ1) is 16.4. The van der Waals surface area contributed by atoms with Crippen molar-refractivity contribution in [1.82, 2.24) is 9.13 Å². The molecule has 174 valence electrons. The van der Waals surface area contributed by atoms with Crippen molar-refractivity contribution in [2.24, 2.45) is 0 Å². The maximum Gasteiger partial charge on any atom is 0.332 e. The summed E-state index contributed by atoms with van der Waals surface area (Å²) in [6, 6.07) is 13.9. The second-order valence-electron chi connectivity index (χ2n) is 8.30. The van der Waals surface area contributed by atoms with E-state index in [0.717, 1.165) is 36.1 Å². The molecule has 0 saturated heterocycles. The third-order valence-electron chi connectivity index (χ3n) is 6.02. The molecular formula is C25H21Cl2N3O3S. The van der Waals surface area contributed by atoms with Gasteiger partial charge < -0.3 is 5.32 Å². The van der Waals surface area contributed by atoms with Crippen molar-refractivity contribution in [3.05, 3.63) is 95.4 Å². The lowest BCUT2D eigenvalue weighted by atomic mass is 9.97. The predicted octanol–water partition coefficient (Wildman–Crippen LogP) is 5.10. The van der Waals surface area contributed by atoms with Crippen molar-refractivity contribution in [3.8, 4) is 0 Å². The summed E-state index contributed by atoms with van der Waals surface area (Å²) in [6.45, 7) is -0.183. The van der Waals surface area contributed by atoms with E-state index in [2.05, 4.69) is 5.32 Å². The number of aromatic nitrogens is 2. The number of rotatable bonds is 5. The van der Waals surface area contributed by atoms with Crippen LogP contribution in [0.2, 0.25) is 10.0 Å². The van der Waals surface area contributed by atoms with E-state index in [4.69, 9.17) is 23.2 Å². The van der Waals surface area contributed by atoms with Crippen molar-refractivity contribution < 1.29 is 4.79 Å². The van der Waals surface area contributed by atoms with Crippen molar-refractivity contribution in [2.75, 3.05) is 5.32 Å². The molecule has 5 rings (SSSR count). The highest BCUT2D eigenvalue weighted by Gasteiger charge is 2.24. The summed E-state index contributed by atoms with van der Waals surface area (Å²) in [5.41, 5.74) is 1.36. The summed E-state index contributed by atoms with van der Waals surface area (Å²) in [4.78, 5) is 41.7. The molecule has 0 spiro atoms. The number of aryl methyl sites for hydroxylation is 2. The van der Waals surface area contributed by atoms with Crippen LogP contribution in [0, 0.1) is 0 Å². The van der Waals surface area contributed by atoms with Crippen LogP contribution in [-0.4, -0.2) is 15.0 Å². The third-order valence-corrected chi connectivity index (χ3v) is 7.93. The highest BCUT2D eigenvalue weighted by atomic mass is 35.5. The fourth-order valence-corrected chi connectivity index (χ4v) is 6.16. The van der Waals surface area contributed by atoms with Crippen LogP contribution in [0.5, 0.6) is 0 Å². The zero-order valence-corrected chi connectivity index (χ0v) is 20.5. The Morgan fingerprint density at radius 2 is 1.79 bits per heavy atom. The fraction of sp³-hybridized carbons (Fsp3) is 0.240. The quantitative estimate of drug-likeness (QED) is 0.403. The summed E-state index contributed by atoms with van der Waals surface area (Å²) < 4.78 is 2.61. The largest absolute Gasteiger partial charge is 0.332 e. The number of carbonyl (C=O) groups is 1. The number of fused-ring (bicyclic) bond motifs is 3. The van der Waals surface area contributed by atoms with Crippen LogP contribution in [0.4, 0.5) is 5.69 Å². The van der Waals surface area contributed by atoms with Crippen molar-refractivity contribution in [2.45, 2.75) is 38.8 Å². The first-order valence-electron chi connectivity index (χ1n) is 11.0. The maximum atomic E-state index is 13.6. The molecule has 0 aliphatic heterocycles. The fourth-order valence-electron chi connectivity index (χ4n) is 4.40. The number of thiophene rings is 1. The van der Waals surface area contributed by atoms with Gasteiger partial charge in [0.1, 0.15) is 11.4 Å². The molecule has 1 N–H and O–H groups in total. The lowest BCUT2D eigenvalue weighted by Crippen LogP contribution is -2.41. The van der Waals surface area contributed by atoms with Crippen LogP contribution in [0.15, 0.2) is 58.1 Å². The van der Waals surface area contributed by atoms with Crippen LogP contribution < -0.4 is 16.6 Å². The van der Waals surface area contributed by atoms with E-state index in [9.17, 15) is 14.4 Å². The normalized spacial score (nSPS) is 13.1. The molecule has 0 unspecified atom stereocenters. The van der Waals surface area contributed by atoms with Crippen molar-refractivity contribution in [3.63, 3.8) is 0 Å². The Labute approximate surface area is 209 Å². The van der Waals surface area contributed by atoms with Gasteiger partial charge in [0.05, 0.1) is 11.9 Å². The van der Waals surface area contributed by atoms with Crippen LogP contribution in [0.3, 0.4) is 0 Å². The van der Waals surface area contributed by atoms with Gasteiger partial charge in [0, 0.05) is 20.6 Å². The minimum absolute atomic E-state index is 0.0355. The van der Waals surface area contributed by atoms with E-state index in [1.165, 1.54) is 20.5 Å². The minimum Gasteiger partial charge on any atom is -0.324 e. The summed E-state index contributed by atoms with van der Waals surface area (Å²) in [7, 11) is 0. The number of benzene rings is 2. The van der Waals surface area contributed by atoms with E-state index in [1.807, 2.05) is 6.07 Å². The monoisotopic (exact) mass is 513 g/mol. The first kappa shape index (κ1) is 22.9. The SMILES string of the molecule is O=C(Cn1c(=O)n(Cc2ccccc2Cl)c(=O)c2c3c(sc21)CCCC3)Nc1cccc(Cl)c1. The molecule has 0 fully saturated rings. The second-order valence-corrected chi connectivity index (χ2v) is 10.2. The molecule has 0 atom stereocenters. The van der Waals surface area contributed by atoms with Crippen LogP contribution in [-0.2, 0) is 30.7 Å². The average Bonchev–Trinajstić information content (AvgIpc) is 3.20. The van der Waals surface area contributed by atoms with Gasteiger partial charge in [-0.2, -0.15) is 0 Å². The summed E-state index contributed by atoms with van der Waals surface area (Å²) >= 11 is 13.8. The molecule has 4 aromatic rings. The van der Waals surface area contributed by atoms with Crippen LogP contribution >= 0.6 is 34.5 Å². The number of carbonyl (C=O) groups excluding carboxylic acids is 1. The number of nitrogens with one attached hydrogen (secondary N) is 1. The van der Waals surface area contributed by atoms with Gasteiger partial charge >= 0.3 is 5.69 Å². The molecule has 1 aliphatic carbocycles. The number of halogens is 2. The van der Waals surface area contributed by atoms with Gasteiger partial charge in [-0.05, 0) is 61.1 Å². The molecule has 2 aromatic heterocycles. The van der Waals surface area contributed by atoms with Gasteiger partial charge in [0.2, 0.25) is 5.91 Å². The Hall–Kier alpha value is -2.87. The predicted molar refractivity (Wildman–Crippen MR) is 138 cm³/mol. The van der Waals surface area contributed by atoms with E-state index in [0.29, 0.717) is 31.5 Å². The highest BCUT2D eigenvalue weighted by Crippen LogP contribution is 2.34. The Morgan fingerprint density at radius 3 is 2.59 bits per heavy atom. The molecular weight excluding hydrogens is 493 g/mol. The van der Waals surface area contributed by atoms with Gasteiger partial charge in [-0.1, -0.05) is 47.5 Å².